The molecule has 0 bridgehead atoms. The fourth-order valence-electron chi connectivity index (χ4n) is 3.16. The van der Waals surface area contributed by atoms with E-state index in [-0.39, 0.29) is 18.0 Å². The van der Waals surface area contributed by atoms with E-state index in [1.807, 2.05) is 26.0 Å². The number of carbonyl (C=O) groups is 2. The van der Waals surface area contributed by atoms with Gasteiger partial charge >= 0.3 is 6.03 Å². The number of fused-ring (bicyclic) bond motifs is 1. The maximum atomic E-state index is 12.2. The van der Waals surface area contributed by atoms with Crippen molar-refractivity contribution in [2.75, 3.05) is 19.7 Å². The van der Waals surface area contributed by atoms with E-state index in [9.17, 15) is 9.59 Å². The summed E-state index contributed by atoms with van der Waals surface area (Å²) in [5.41, 5.74) is 2.26. The maximum Gasteiger partial charge on any atom is 0.327 e. The molecule has 0 spiro atoms. The molecule has 2 fully saturated rings. The van der Waals surface area contributed by atoms with Crippen LogP contribution in [-0.4, -0.2) is 47.5 Å². The summed E-state index contributed by atoms with van der Waals surface area (Å²) in [7, 11) is 0. The molecule has 5 heteroatoms. The molecular weight excluding hydrogens is 280 g/mol. The largest absolute Gasteiger partial charge is 0.493 e. The van der Waals surface area contributed by atoms with Gasteiger partial charge in [-0.05, 0) is 50.3 Å². The highest BCUT2D eigenvalue weighted by Crippen LogP contribution is 2.27. The first-order valence-electron chi connectivity index (χ1n) is 7.90. The van der Waals surface area contributed by atoms with E-state index in [0.29, 0.717) is 26.1 Å². The van der Waals surface area contributed by atoms with Crippen molar-refractivity contribution in [1.82, 2.24) is 9.80 Å². The number of hydrogen-bond acceptors (Lipinski definition) is 3. The van der Waals surface area contributed by atoms with Crippen LogP contribution in [0.1, 0.15) is 30.4 Å². The van der Waals surface area contributed by atoms with Gasteiger partial charge in [0.05, 0.1) is 6.61 Å². The van der Waals surface area contributed by atoms with Gasteiger partial charge in [-0.1, -0.05) is 12.1 Å². The lowest BCUT2D eigenvalue weighted by Gasteiger charge is -2.16. The molecular formula is C17H22N2O3. The van der Waals surface area contributed by atoms with Gasteiger partial charge in [0, 0.05) is 13.1 Å². The number of benzene rings is 1. The fraction of sp³-hybridized carbons (Fsp3) is 0.529. The summed E-state index contributed by atoms with van der Waals surface area (Å²) in [5, 5.41) is 0. The van der Waals surface area contributed by atoms with Crippen molar-refractivity contribution < 1.29 is 14.3 Å². The third-order valence-corrected chi connectivity index (χ3v) is 4.41. The quantitative estimate of drug-likeness (QED) is 0.620. The normalized spacial score (nSPS) is 20.7. The van der Waals surface area contributed by atoms with Crippen molar-refractivity contribution >= 4 is 11.9 Å². The summed E-state index contributed by atoms with van der Waals surface area (Å²) in [5.74, 6) is 0.842. The molecule has 2 heterocycles. The van der Waals surface area contributed by atoms with Crippen molar-refractivity contribution in [2.45, 2.75) is 39.2 Å². The third-order valence-electron chi connectivity index (χ3n) is 4.41. The van der Waals surface area contributed by atoms with Gasteiger partial charge in [0.2, 0.25) is 0 Å². The zero-order chi connectivity index (χ0) is 15.7. The van der Waals surface area contributed by atoms with Crippen molar-refractivity contribution in [1.29, 1.82) is 0 Å². The second kappa shape index (κ2) is 5.99. The number of amides is 3. The van der Waals surface area contributed by atoms with Crippen molar-refractivity contribution in [3.8, 4) is 5.75 Å². The summed E-state index contributed by atoms with van der Waals surface area (Å²) >= 11 is 0. The zero-order valence-electron chi connectivity index (χ0n) is 13.2. The number of imide groups is 1. The van der Waals surface area contributed by atoms with Gasteiger partial charge in [-0.3, -0.25) is 9.69 Å². The Morgan fingerprint density at radius 1 is 1.27 bits per heavy atom. The van der Waals surface area contributed by atoms with Crippen LogP contribution in [0.5, 0.6) is 5.75 Å². The molecule has 2 saturated heterocycles. The van der Waals surface area contributed by atoms with E-state index < -0.39 is 0 Å². The molecule has 0 aliphatic carbocycles. The van der Waals surface area contributed by atoms with E-state index in [0.717, 1.165) is 29.7 Å². The van der Waals surface area contributed by atoms with E-state index in [4.69, 9.17) is 4.74 Å². The Morgan fingerprint density at radius 2 is 2.09 bits per heavy atom. The van der Waals surface area contributed by atoms with Crippen LogP contribution in [-0.2, 0) is 4.79 Å². The van der Waals surface area contributed by atoms with E-state index in [1.165, 1.54) is 4.90 Å². The van der Waals surface area contributed by atoms with Gasteiger partial charge in [0.1, 0.15) is 11.8 Å². The number of nitrogens with zero attached hydrogens (tertiary/aromatic N) is 2. The summed E-state index contributed by atoms with van der Waals surface area (Å²) in [4.78, 5) is 27.4. The first-order chi connectivity index (χ1) is 10.6. The molecule has 5 nitrogen and oxygen atoms in total. The molecule has 1 aromatic rings. The number of ether oxygens (including phenoxy) is 1. The second-order valence-electron chi connectivity index (χ2n) is 6.09. The average molecular weight is 302 g/mol. The highest BCUT2D eigenvalue weighted by atomic mass is 16.5. The molecule has 1 unspecified atom stereocenters. The van der Waals surface area contributed by atoms with E-state index in [2.05, 4.69) is 6.07 Å². The van der Waals surface area contributed by atoms with Crippen LogP contribution in [0.2, 0.25) is 0 Å². The lowest BCUT2D eigenvalue weighted by Crippen LogP contribution is -2.34. The molecule has 0 aromatic heterocycles. The number of aryl methyl sites for hydroxylation is 2. The average Bonchev–Trinajstić information content (AvgIpc) is 3.05. The Balaban J connectivity index is 1.50. The molecule has 1 aromatic carbocycles. The Kier molecular flexibility index (Phi) is 4.05. The van der Waals surface area contributed by atoms with Gasteiger partial charge in [0.15, 0.2) is 0 Å². The van der Waals surface area contributed by atoms with Crippen molar-refractivity contribution in [2.24, 2.45) is 0 Å². The minimum absolute atomic E-state index is 0.0331. The van der Waals surface area contributed by atoms with Gasteiger partial charge < -0.3 is 9.64 Å². The molecule has 0 saturated carbocycles. The van der Waals surface area contributed by atoms with E-state index >= 15 is 0 Å². The standard InChI is InChI=1S/C17H22N2O3/c1-12-6-7-13(2)15(11-12)22-10-4-9-19-16(20)14-5-3-8-18(14)17(19)21/h6-7,11,14H,3-5,8-10H2,1-2H3. The molecule has 3 rings (SSSR count). The summed E-state index contributed by atoms with van der Waals surface area (Å²) in [6.45, 7) is 5.70. The van der Waals surface area contributed by atoms with E-state index in [1.54, 1.807) is 4.90 Å². The van der Waals surface area contributed by atoms with Gasteiger partial charge in [-0.25, -0.2) is 4.79 Å². The summed E-state index contributed by atoms with van der Waals surface area (Å²) in [6, 6.07) is 5.77. The van der Waals surface area contributed by atoms with Crippen LogP contribution in [0.4, 0.5) is 4.79 Å². The van der Waals surface area contributed by atoms with Crippen LogP contribution in [0.25, 0.3) is 0 Å². The topological polar surface area (TPSA) is 49.9 Å². The first-order valence-corrected chi connectivity index (χ1v) is 7.90. The van der Waals surface area contributed by atoms with Gasteiger partial charge in [0.25, 0.3) is 5.91 Å². The van der Waals surface area contributed by atoms with Crippen LogP contribution in [0.15, 0.2) is 18.2 Å². The SMILES string of the molecule is Cc1ccc(C)c(OCCCN2C(=O)C3CCCN3C2=O)c1. The summed E-state index contributed by atoms with van der Waals surface area (Å²) < 4.78 is 5.78. The molecule has 3 amide bonds. The van der Waals surface area contributed by atoms with Crippen LogP contribution in [0, 0.1) is 13.8 Å². The molecule has 0 radical (unpaired) electrons. The smallest absolute Gasteiger partial charge is 0.327 e. The van der Waals surface area contributed by atoms with Crippen molar-refractivity contribution in [3.05, 3.63) is 29.3 Å². The maximum absolute atomic E-state index is 12.2. The van der Waals surface area contributed by atoms with Crippen LogP contribution >= 0.6 is 0 Å². The predicted octanol–water partition coefficient (Wildman–Crippen LogP) is 2.50. The molecule has 1 atom stereocenters. The Bertz CT molecular complexity index is 578. The number of hydrogen-bond donors (Lipinski definition) is 0. The Hall–Kier alpha value is -2.04. The van der Waals surface area contributed by atoms with Crippen LogP contribution in [0.3, 0.4) is 0 Å². The molecule has 22 heavy (non-hydrogen) atoms. The highest BCUT2D eigenvalue weighted by molar-refractivity contribution is 6.04. The molecule has 0 N–H and O–H groups in total. The summed E-state index contributed by atoms with van der Waals surface area (Å²) in [6.07, 6.45) is 2.40. The lowest BCUT2D eigenvalue weighted by atomic mass is 10.1. The zero-order valence-corrected chi connectivity index (χ0v) is 13.2. The van der Waals surface area contributed by atoms with Gasteiger partial charge in [-0.15, -0.1) is 0 Å². The Morgan fingerprint density at radius 3 is 2.86 bits per heavy atom. The molecule has 2 aliphatic rings. The monoisotopic (exact) mass is 302 g/mol. The fourth-order valence-corrected chi connectivity index (χ4v) is 3.16. The third kappa shape index (κ3) is 2.67. The van der Waals surface area contributed by atoms with Gasteiger partial charge in [-0.2, -0.15) is 0 Å². The minimum Gasteiger partial charge on any atom is -0.493 e. The molecule has 2 aliphatic heterocycles. The lowest BCUT2D eigenvalue weighted by molar-refractivity contribution is -0.128. The number of carbonyl (C=O) groups excluding carboxylic acids is 2. The number of urea groups is 1. The first kappa shape index (κ1) is 14.9. The number of rotatable bonds is 5. The predicted molar refractivity (Wildman–Crippen MR) is 82.9 cm³/mol. The van der Waals surface area contributed by atoms with Crippen LogP contribution < -0.4 is 4.74 Å². The van der Waals surface area contributed by atoms with Crippen molar-refractivity contribution in [3.63, 3.8) is 0 Å². The Labute approximate surface area is 130 Å². The second-order valence-corrected chi connectivity index (χ2v) is 6.09. The minimum atomic E-state index is -0.201. The molecule has 118 valence electrons. The highest BCUT2D eigenvalue weighted by Gasteiger charge is 2.46.